The average molecular weight is 192 g/mol. The van der Waals surface area contributed by atoms with Crippen LogP contribution in [0.5, 0.6) is 0 Å². The molecule has 0 amide bonds. The van der Waals surface area contributed by atoms with Crippen LogP contribution in [0.25, 0.3) is 0 Å². The van der Waals surface area contributed by atoms with E-state index in [1.54, 1.807) is 0 Å². The van der Waals surface area contributed by atoms with Gasteiger partial charge in [0.25, 0.3) is 0 Å². The molecule has 0 aliphatic rings. The van der Waals surface area contributed by atoms with Gasteiger partial charge in [0.15, 0.2) is 0 Å². The molecule has 0 aromatic heterocycles. The van der Waals surface area contributed by atoms with Crippen LogP contribution in [0.1, 0.15) is 34.6 Å². The molecule has 0 aromatic rings. The first-order valence-electron chi connectivity index (χ1n) is 4.06. The molecule has 0 aromatic carbocycles. The van der Waals surface area contributed by atoms with E-state index in [1.165, 1.54) is 15.6 Å². The Hall–Kier alpha value is 0.440. The molecule has 0 radical (unpaired) electrons. The smallest absolute Gasteiger partial charge is 0.0384 e. The number of thioether (sulfide) groups is 2. The first-order valence-corrected chi connectivity index (χ1v) is 6.27. The molecule has 2 heteroatoms. The summed E-state index contributed by atoms with van der Waals surface area (Å²) in [6.07, 6.45) is 2.13. The number of rotatable bonds is 3. The van der Waals surface area contributed by atoms with Crippen molar-refractivity contribution in [3.8, 4) is 0 Å². The van der Waals surface area contributed by atoms with Crippen LogP contribution < -0.4 is 0 Å². The normalized spacial score (nSPS) is 8.18. The van der Waals surface area contributed by atoms with E-state index in [0.29, 0.717) is 0 Å². The van der Waals surface area contributed by atoms with Crippen LogP contribution in [-0.4, -0.2) is 12.0 Å². The van der Waals surface area contributed by atoms with Gasteiger partial charge in [-0.05, 0) is 25.9 Å². The monoisotopic (exact) mass is 192 g/mol. The van der Waals surface area contributed by atoms with Crippen molar-refractivity contribution in [2.45, 2.75) is 34.6 Å². The van der Waals surface area contributed by atoms with Crippen molar-refractivity contribution in [1.82, 2.24) is 0 Å². The van der Waals surface area contributed by atoms with Crippen LogP contribution >= 0.6 is 23.5 Å². The molecule has 0 aliphatic heterocycles. The minimum absolute atomic E-state index is 1.18. The Morgan fingerprint density at radius 2 is 1.64 bits per heavy atom. The second kappa shape index (κ2) is 10.4. The molecule has 0 heterocycles. The van der Waals surface area contributed by atoms with Gasteiger partial charge in [-0.25, -0.2) is 0 Å². The zero-order chi connectivity index (χ0) is 9.28. The summed E-state index contributed by atoms with van der Waals surface area (Å²) in [7, 11) is 0. The highest BCUT2D eigenvalue weighted by Gasteiger charge is 1.94. The zero-order valence-corrected chi connectivity index (χ0v) is 10.2. The molecular weight excluding hydrogens is 172 g/mol. The van der Waals surface area contributed by atoms with Gasteiger partial charge < -0.3 is 0 Å². The lowest BCUT2D eigenvalue weighted by molar-refractivity contribution is 1.40. The molecule has 11 heavy (non-hydrogen) atoms. The summed E-state index contributed by atoms with van der Waals surface area (Å²) in [4.78, 5) is 0. The van der Waals surface area contributed by atoms with E-state index in [-0.39, 0.29) is 0 Å². The van der Waals surface area contributed by atoms with Gasteiger partial charge in [-0.2, -0.15) is 0 Å². The largest absolute Gasteiger partial charge is 0.123 e. The van der Waals surface area contributed by atoms with E-state index in [1.807, 2.05) is 37.4 Å². The van der Waals surface area contributed by atoms with E-state index in [0.717, 1.165) is 0 Å². The Kier molecular flexibility index (Phi) is 13.3. The van der Waals surface area contributed by atoms with Crippen LogP contribution in [0.2, 0.25) is 0 Å². The Morgan fingerprint density at radius 3 is 1.73 bits per heavy atom. The lowest BCUT2D eigenvalue weighted by atomic mass is 10.4. The Balaban J connectivity index is 0. The molecule has 0 N–H and O–H groups in total. The molecular formula is C9H20S2. The van der Waals surface area contributed by atoms with Gasteiger partial charge >= 0.3 is 0 Å². The molecule has 0 atom stereocenters. The summed E-state index contributed by atoms with van der Waals surface area (Å²) in [5.74, 6) is 1.18. The van der Waals surface area contributed by atoms with Crippen molar-refractivity contribution in [3.63, 3.8) is 0 Å². The topological polar surface area (TPSA) is 0 Å². The van der Waals surface area contributed by atoms with E-state index in [9.17, 15) is 0 Å². The molecule has 68 valence electrons. The fourth-order valence-electron chi connectivity index (χ4n) is 0.538. The molecule has 0 saturated carbocycles. The van der Waals surface area contributed by atoms with Crippen LogP contribution in [0.3, 0.4) is 0 Å². The van der Waals surface area contributed by atoms with Gasteiger partial charge in [-0.3, -0.25) is 0 Å². The quantitative estimate of drug-likeness (QED) is 0.651. The number of allylic oxidation sites excluding steroid dienone is 1. The van der Waals surface area contributed by atoms with Crippen molar-refractivity contribution in [1.29, 1.82) is 0 Å². The fourth-order valence-corrected chi connectivity index (χ4v) is 2.32. The highest BCUT2D eigenvalue weighted by molar-refractivity contribution is 8.22. The van der Waals surface area contributed by atoms with Crippen molar-refractivity contribution in [3.05, 3.63) is 9.81 Å². The summed E-state index contributed by atoms with van der Waals surface area (Å²) in [6.45, 7) is 10.5. The predicted molar refractivity (Wildman–Crippen MR) is 61.4 cm³/mol. The molecule has 0 bridgehead atoms. The van der Waals surface area contributed by atoms with Gasteiger partial charge in [0.2, 0.25) is 0 Å². The first kappa shape index (κ1) is 14.0. The highest BCUT2D eigenvalue weighted by atomic mass is 32.2. The fraction of sp³-hybridized carbons (Fsp3) is 0.778. The maximum absolute atomic E-state index is 2.18. The molecule has 0 nitrogen and oxygen atoms in total. The lowest BCUT2D eigenvalue weighted by Gasteiger charge is -2.02. The molecule has 0 unspecified atom stereocenters. The number of hydrogen-bond acceptors (Lipinski definition) is 2. The average Bonchev–Trinajstić information content (AvgIpc) is 2.03. The lowest BCUT2D eigenvalue weighted by Crippen LogP contribution is -1.74. The van der Waals surface area contributed by atoms with Gasteiger partial charge in [0.1, 0.15) is 0 Å². The Morgan fingerprint density at radius 1 is 1.18 bits per heavy atom. The van der Waals surface area contributed by atoms with Crippen molar-refractivity contribution in [2.75, 3.05) is 12.0 Å². The van der Waals surface area contributed by atoms with Crippen LogP contribution in [0.4, 0.5) is 0 Å². The van der Waals surface area contributed by atoms with Gasteiger partial charge in [-0.15, -0.1) is 23.5 Å². The molecule has 0 rings (SSSR count). The van der Waals surface area contributed by atoms with Crippen LogP contribution in [0.15, 0.2) is 9.81 Å². The van der Waals surface area contributed by atoms with Gasteiger partial charge in [-0.1, -0.05) is 26.3 Å². The SMILES string of the molecule is CC.CCSC(SC)=C(C)C. The maximum Gasteiger partial charge on any atom is 0.0384 e. The summed E-state index contributed by atoms with van der Waals surface area (Å²) < 4.78 is 1.47. The van der Waals surface area contributed by atoms with Crippen molar-refractivity contribution in [2.24, 2.45) is 0 Å². The summed E-state index contributed by atoms with van der Waals surface area (Å²) in [5.41, 5.74) is 1.44. The van der Waals surface area contributed by atoms with Gasteiger partial charge in [0.05, 0.1) is 0 Å². The summed E-state index contributed by atoms with van der Waals surface area (Å²) in [5, 5.41) is 0. The first-order chi connectivity index (χ1) is 5.22. The van der Waals surface area contributed by atoms with Crippen LogP contribution in [0, 0.1) is 0 Å². The van der Waals surface area contributed by atoms with Crippen molar-refractivity contribution >= 4 is 23.5 Å². The van der Waals surface area contributed by atoms with E-state index >= 15 is 0 Å². The van der Waals surface area contributed by atoms with Crippen molar-refractivity contribution < 1.29 is 0 Å². The summed E-state index contributed by atoms with van der Waals surface area (Å²) >= 11 is 3.77. The zero-order valence-electron chi connectivity index (χ0n) is 8.52. The Bertz CT molecular complexity index is 102. The summed E-state index contributed by atoms with van der Waals surface area (Å²) in [6, 6.07) is 0. The highest BCUT2D eigenvalue weighted by Crippen LogP contribution is 2.28. The Labute approximate surface area is 80.2 Å². The van der Waals surface area contributed by atoms with E-state index < -0.39 is 0 Å². The maximum atomic E-state index is 2.18. The van der Waals surface area contributed by atoms with E-state index in [2.05, 4.69) is 27.0 Å². The standard InChI is InChI=1S/C7H14S2.C2H6/c1-5-9-7(8-4)6(2)3;1-2/h5H2,1-4H3;1-2H3. The molecule has 0 saturated heterocycles. The molecule has 0 spiro atoms. The second-order valence-corrected chi connectivity index (χ2v) is 4.27. The predicted octanol–water partition coefficient (Wildman–Crippen LogP) is 4.38. The molecule has 0 aliphatic carbocycles. The van der Waals surface area contributed by atoms with Gasteiger partial charge in [0, 0.05) is 4.24 Å². The van der Waals surface area contributed by atoms with Crippen LogP contribution in [-0.2, 0) is 0 Å². The minimum atomic E-state index is 1.18. The third-order valence-corrected chi connectivity index (χ3v) is 3.46. The minimum Gasteiger partial charge on any atom is -0.123 e. The molecule has 0 fully saturated rings. The number of hydrogen-bond donors (Lipinski definition) is 0. The van der Waals surface area contributed by atoms with E-state index in [4.69, 9.17) is 0 Å². The third kappa shape index (κ3) is 8.35. The third-order valence-electron chi connectivity index (χ3n) is 0.869. The second-order valence-electron chi connectivity index (χ2n) is 1.92.